The first-order valence-corrected chi connectivity index (χ1v) is 9.88. The van der Waals surface area contributed by atoms with Crippen LogP contribution in [-0.2, 0) is 0 Å². The van der Waals surface area contributed by atoms with Gasteiger partial charge in [-0.25, -0.2) is 19.8 Å². The number of hydrogen-bond donors (Lipinski definition) is 0. The standard InChI is InChI=1S/C26H20N4/c1-5-13-21(14-6-1)27-25-29(23-17-9-3-10-18-23)26(28-22-15-7-2-8-16-22)30(25)24-19-11-4-12-20-24/h1-20H. The van der Waals surface area contributed by atoms with Gasteiger partial charge in [-0.2, -0.15) is 0 Å². The summed E-state index contributed by atoms with van der Waals surface area (Å²) in [4.78, 5) is 14.1. The lowest BCUT2D eigenvalue weighted by atomic mass is 10.2. The van der Waals surface area contributed by atoms with Crippen molar-refractivity contribution in [3.8, 4) is 0 Å². The monoisotopic (exact) mass is 388 g/mol. The Morgan fingerprint density at radius 2 is 0.667 bits per heavy atom. The summed E-state index contributed by atoms with van der Waals surface area (Å²) >= 11 is 0. The van der Waals surface area contributed by atoms with E-state index in [1.807, 2.05) is 97.1 Å². The van der Waals surface area contributed by atoms with E-state index in [9.17, 15) is 0 Å². The number of hydrogen-bond acceptors (Lipinski definition) is 2. The smallest absolute Gasteiger partial charge is 0.225 e. The largest absolute Gasteiger partial charge is 0.249 e. The third kappa shape index (κ3) is 3.47. The molecule has 0 aromatic heterocycles. The molecule has 1 aliphatic rings. The first kappa shape index (κ1) is 17.9. The van der Waals surface area contributed by atoms with Crippen LogP contribution in [0.1, 0.15) is 0 Å². The van der Waals surface area contributed by atoms with Gasteiger partial charge < -0.3 is 0 Å². The molecule has 5 rings (SSSR count). The molecule has 1 saturated heterocycles. The zero-order valence-electron chi connectivity index (χ0n) is 16.3. The van der Waals surface area contributed by atoms with E-state index in [0.29, 0.717) is 0 Å². The first-order chi connectivity index (χ1) is 14.9. The second-order valence-electron chi connectivity index (χ2n) is 6.84. The number of para-hydroxylation sites is 4. The Morgan fingerprint density at radius 1 is 0.367 bits per heavy atom. The van der Waals surface area contributed by atoms with E-state index in [-0.39, 0.29) is 0 Å². The molecule has 1 aliphatic heterocycles. The minimum Gasteiger partial charge on any atom is -0.249 e. The van der Waals surface area contributed by atoms with Gasteiger partial charge in [0.2, 0.25) is 11.9 Å². The fraction of sp³-hybridized carbons (Fsp3) is 0. The van der Waals surface area contributed by atoms with Crippen molar-refractivity contribution in [1.29, 1.82) is 0 Å². The highest BCUT2D eigenvalue weighted by Crippen LogP contribution is 2.33. The summed E-state index contributed by atoms with van der Waals surface area (Å²) in [6.07, 6.45) is 0. The predicted molar refractivity (Wildman–Crippen MR) is 125 cm³/mol. The van der Waals surface area contributed by atoms with Crippen molar-refractivity contribution < 1.29 is 0 Å². The van der Waals surface area contributed by atoms with Gasteiger partial charge in [0.15, 0.2) is 0 Å². The van der Waals surface area contributed by atoms with Crippen molar-refractivity contribution in [1.82, 2.24) is 0 Å². The molecule has 1 fully saturated rings. The predicted octanol–water partition coefficient (Wildman–Crippen LogP) is 6.39. The summed E-state index contributed by atoms with van der Waals surface area (Å²) in [5, 5.41) is 0. The Kier molecular flexibility index (Phi) is 4.80. The lowest BCUT2D eigenvalue weighted by molar-refractivity contribution is 1.14. The van der Waals surface area contributed by atoms with Gasteiger partial charge in [0.1, 0.15) is 0 Å². The van der Waals surface area contributed by atoms with Crippen molar-refractivity contribution in [2.45, 2.75) is 0 Å². The van der Waals surface area contributed by atoms with E-state index < -0.39 is 0 Å². The van der Waals surface area contributed by atoms with Gasteiger partial charge in [-0.1, -0.05) is 72.8 Å². The number of rotatable bonds is 4. The van der Waals surface area contributed by atoms with E-state index in [1.54, 1.807) is 0 Å². The van der Waals surface area contributed by atoms with Gasteiger partial charge >= 0.3 is 0 Å². The average Bonchev–Trinajstić information content (AvgIpc) is 2.81. The molecule has 0 bridgehead atoms. The van der Waals surface area contributed by atoms with Gasteiger partial charge in [0.05, 0.1) is 22.7 Å². The summed E-state index contributed by atoms with van der Waals surface area (Å²) in [5.41, 5.74) is 3.84. The Morgan fingerprint density at radius 3 is 1.00 bits per heavy atom. The van der Waals surface area contributed by atoms with Gasteiger partial charge in [0, 0.05) is 0 Å². The Labute approximate surface area is 176 Å². The van der Waals surface area contributed by atoms with Crippen molar-refractivity contribution in [3.63, 3.8) is 0 Å². The van der Waals surface area contributed by atoms with Crippen LogP contribution in [0.3, 0.4) is 0 Å². The molecule has 0 unspecified atom stereocenters. The molecule has 0 atom stereocenters. The minimum absolute atomic E-state index is 0.813. The van der Waals surface area contributed by atoms with Crippen molar-refractivity contribution in [2.75, 3.05) is 9.80 Å². The summed E-state index contributed by atoms with van der Waals surface area (Å²) in [6, 6.07) is 40.4. The molecule has 0 aliphatic carbocycles. The molecule has 0 saturated carbocycles. The fourth-order valence-corrected chi connectivity index (χ4v) is 3.39. The van der Waals surface area contributed by atoms with Gasteiger partial charge in [0.25, 0.3) is 0 Å². The summed E-state index contributed by atoms with van der Waals surface area (Å²) in [5.74, 6) is 1.63. The molecule has 0 N–H and O–H groups in total. The lowest BCUT2D eigenvalue weighted by Gasteiger charge is -2.46. The van der Waals surface area contributed by atoms with E-state index in [4.69, 9.17) is 9.98 Å². The van der Waals surface area contributed by atoms with Crippen molar-refractivity contribution >= 4 is 34.7 Å². The maximum atomic E-state index is 4.96. The van der Waals surface area contributed by atoms with E-state index >= 15 is 0 Å². The Bertz CT molecular complexity index is 1060. The molecule has 30 heavy (non-hydrogen) atoms. The van der Waals surface area contributed by atoms with E-state index in [0.717, 1.165) is 34.7 Å². The van der Waals surface area contributed by atoms with Crippen LogP contribution >= 0.6 is 0 Å². The van der Waals surface area contributed by atoms with Crippen LogP contribution in [0.5, 0.6) is 0 Å². The highest BCUT2D eigenvalue weighted by molar-refractivity contribution is 6.45. The number of nitrogens with zero attached hydrogens (tertiary/aromatic N) is 4. The molecular formula is C26H20N4. The summed E-state index contributed by atoms with van der Waals surface area (Å²) < 4.78 is 0. The van der Waals surface area contributed by atoms with Crippen LogP contribution in [0.25, 0.3) is 0 Å². The average molecular weight is 388 g/mol. The fourth-order valence-electron chi connectivity index (χ4n) is 3.39. The normalized spacial score (nSPS) is 13.1. The highest BCUT2D eigenvalue weighted by atomic mass is 15.6. The maximum absolute atomic E-state index is 4.96. The van der Waals surface area contributed by atoms with Gasteiger partial charge in [-0.3, -0.25) is 0 Å². The van der Waals surface area contributed by atoms with Crippen LogP contribution in [0.15, 0.2) is 131 Å². The summed E-state index contributed by atoms with van der Waals surface area (Å²) in [7, 11) is 0. The third-order valence-corrected chi connectivity index (χ3v) is 4.80. The zero-order valence-corrected chi connectivity index (χ0v) is 16.3. The van der Waals surface area contributed by atoms with Gasteiger partial charge in [-0.05, 0) is 48.5 Å². The summed E-state index contributed by atoms with van der Waals surface area (Å²) in [6.45, 7) is 0. The maximum Gasteiger partial charge on any atom is 0.225 e. The molecule has 0 amide bonds. The molecule has 144 valence electrons. The van der Waals surface area contributed by atoms with Crippen molar-refractivity contribution in [2.24, 2.45) is 9.98 Å². The molecule has 1 heterocycles. The second-order valence-corrected chi connectivity index (χ2v) is 6.84. The minimum atomic E-state index is 0.813. The Balaban J connectivity index is 1.68. The zero-order chi connectivity index (χ0) is 20.2. The Hall–Kier alpha value is -4.18. The van der Waals surface area contributed by atoms with Crippen LogP contribution in [0.2, 0.25) is 0 Å². The number of anilines is 2. The van der Waals surface area contributed by atoms with E-state index in [2.05, 4.69) is 34.1 Å². The molecule has 4 nitrogen and oxygen atoms in total. The molecule has 4 aromatic carbocycles. The van der Waals surface area contributed by atoms with E-state index in [1.165, 1.54) is 0 Å². The molecule has 4 aromatic rings. The quantitative estimate of drug-likeness (QED) is 0.406. The number of guanidine groups is 2. The molecule has 0 spiro atoms. The first-order valence-electron chi connectivity index (χ1n) is 9.88. The van der Waals surface area contributed by atoms with Gasteiger partial charge in [-0.15, -0.1) is 0 Å². The van der Waals surface area contributed by atoms with Crippen LogP contribution in [0.4, 0.5) is 22.7 Å². The highest BCUT2D eigenvalue weighted by Gasteiger charge is 2.41. The third-order valence-electron chi connectivity index (χ3n) is 4.80. The van der Waals surface area contributed by atoms with Crippen molar-refractivity contribution in [3.05, 3.63) is 121 Å². The molecular weight excluding hydrogens is 368 g/mol. The van der Waals surface area contributed by atoms with Crippen LogP contribution in [0, 0.1) is 0 Å². The molecule has 0 radical (unpaired) electrons. The van der Waals surface area contributed by atoms with Crippen LogP contribution in [-0.4, -0.2) is 11.9 Å². The van der Waals surface area contributed by atoms with Crippen LogP contribution < -0.4 is 9.80 Å². The number of benzene rings is 4. The lowest BCUT2D eigenvalue weighted by Crippen LogP contribution is -2.66. The second kappa shape index (κ2) is 8.05. The topological polar surface area (TPSA) is 31.2 Å². The molecule has 4 heteroatoms. The SMILES string of the molecule is c1ccc(N=C2N(c3ccccc3)C(=Nc3ccccc3)N2c2ccccc2)cc1. The number of aliphatic imine (C=N–C) groups is 2.